The van der Waals surface area contributed by atoms with E-state index in [1.165, 1.54) is 5.56 Å². The molecule has 3 rings (SSSR count). The molecule has 120 valence electrons. The molecule has 1 atom stereocenters. The summed E-state index contributed by atoms with van der Waals surface area (Å²) in [5.41, 5.74) is 3.38. The molecule has 1 heterocycles. The Morgan fingerprint density at radius 3 is 2.70 bits per heavy atom. The number of fused-ring (bicyclic) bond motifs is 1. The second-order valence-electron chi connectivity index (χ2n) is 5.61. The van der Waals surface area contributed by atoms with Crippen molar-refractivity contribution in [2.75, 3.05) is 13.7 Å². The number of ether oxygens (including phenoxy) is 3. The van der Waals surface area contributed by atoms with Gasteiger partial charge in [0.2, 0.25) is 0 Å². The van der Waals surface area contributed by atoms with Gasteiger partial charge in [-0.15, -0.1) is 0 Å². The predicted octanol–water partition coefficient (Wildman–Crippen LogP) is 3.48. The van der Waals surface area contributed by atoms with E-state index in [4.69, 9.17) is 14.2 Å². The Morgan fingerprint density at radius 2 is 1.96 bits per heavy atom. The summed E-state index contributed by atoms with van der Waals surface area (Å²) in [5.74, 6) is 1.81. The van der Waals surface area contributed by atoms with Crippen molar-refractivity contribution < 1.29 is 19.0 Å². The monoisotopic (exact) mass is 312 g/mol. The third kappa shape index (κ3) is 3.71. The second-order valence-corrected chi connectivity index (χ2v) is 5.61. The fourth-order valence-electron chi connectivity index (χ4n) is 2.80. The lowest BCUT2D eigenvalue weighted by Crippen LogP contribution is -2.17. The van der Waals surface area contributed by atoms with Crippen LogP contribution >= 0.6 is 0 Å². The highest BCUT2D eigenvalue weighted by molar-refractivity contribution is 5.53. The molecule has 23 heavy (non-hydrogen) atoms. The van der Waals surface area contributed by atoms with Crippen LogP contribution in [0.4, 0.5) is 0 Å². The summed E-state index contributed by atoms with van der Waals surface area (Å²) in [4.78, 5) is 10.8. The molecule has 0 bridgehead atoms. The molecule has 1 unspecified atom stereocenters. The van der Waals surface area contributed by atoms with Gasteiger partial charge >= 0.3 is 0 Å². The number of hydrogen-bond donors (Lipinski definition) is 0. The van der Waals surface area contributed by atoms with Crippen molar-refractivity contribution in [2.24, 2.45) is 0 Å². The van der Waals surface area contributed by atoms with Crippen molar-refractivity contribution in [3.05, 3.63) is 59.2 Å². The number of carbonyl (C=O) groups excluding carboxylic acids is 1. The van der Waals surface area contributed by atoms with E-state index in [0.29, 0.717) is 26.2 Å². The minimum Gasteiger partial charge on any atom is -0.497 e. The average molecular weight is 312 g/mol. The molecule has 2 aromatic carbocycles. The van der Waals surface area contributed by atoms with Gasteiger partial charge in [-0.3, -0.25) is 0 Å². The van der Waals surface area contributed by atoms with Crippen LogP contribution in [0.5, 0.6) is 11.5 Å². The number of benzene rings is 2. The fourth-order valence-corrected chi connectivity index (χ4v) is 2.80. The average Bonchev–Trinajstić information content (AvgIpc) is 2.60. The summed E-state index contributed by atoms with van der Waals surface area (Å²) >= 11 is 0. The van der Waals surface area contributed by atoms with E-state index in [2.05, 4.69) is 6.07 Å². The number of hydrogen-bond acceptors (Lipinski definition) is 4. The van der Waals surface area contributed by atoms with Crippen molar-refractivity contribution in [1.29, 1.82) is 0 Å². The molecule has 0 aliphatic carbocycles. The Balaban J connectivity index is 1.68. The van der Waals surface area contributed by atoms with Crippen LogP contribution in [0.15, 0.2) is 42.5 Å². The zero-order chi connectivity index (χ0) is 16.1. The summed E-state index contributed by atoms with van der Waals surface area (Å²) in [6.07, 6.45) is 1.45. The van der Waals surface area contributed by atoms with Gasteiger partial charge in [-0.1, -0.05) is 18.2 Å². The Labute approximate surface area is 136 Å². The van der Waals surface area contributed by atoms with Crippen molar-refractivity contribution in [3.63, 3.8) is 0 Å². The Morgan fingerprint density at radius 1 is 1.17 bits per heavy atom. The standard InChI is InChI=1S/C19H20O4/c1-21-17-4-2-14(3-5-17)11-23-18-6-7-19-15(8-9-20)12-22-13-16(19)10-18/h2-7,9-10,15H,8,11-13H2,1H3. The lowest BCUT2D eigenvalue weighted by Gasteiger charge is -2.24. The molecule has 0 saturated carbocycles. The van der Waals surface area contributed by atoms with Gasteiger partial charge in [0.1, 0.15) is 24.4 Å². The highest BCUT2D eigenvalue weighted by Gasteiger charge is 2.20. The lowest BCUT2D eigenvalue weighted by molar-refractivity contribution is -0.108. The first-order chi connectivity index (χ1) is 11.3. The first kappa shape index (κ1) is 15.6. The van der Waals surface area contributed by atoms with Crippen LogP contribution in [0.25, 0.3) is 0 Å². The largest absolute Gasteiger partial charge is 0.497 e. The molecule has 0 spiro atoms. The predicted molar refractivity (Wildman–Crippen MR) is 86.8 cm³/mol. The van der Waals surface area contributed by atoms with Crippen molar-refractivity contribution in [1.82, 2.24) is 0 Å². The van der Waals surface area contributed by atoms with E-state index in [1.54, 1.807) is 7.11 Å². The maximum Gasteiger partial charge on any atom is 0.120 e. The maximum absolute atomic E-state index is 10.8. The number of carbonyl (C=O) groups is 1. The van der Waals surface area contributed by atoms with Gasteiger partial charge in [0.15, 0.2) is 0 Å². The molecule has 1 aliphatic rings. The van der Waals surface area contributed by atoms with Crippen molar-refractivity contribution in [2.45, 2.75) is 25.6 Å². The molecular weight excluding hydrogens is 292 g/mol. The van der Waals surface area contributed by atoms with Crippen LogP contribution < -0.4 is 9.47 Å². The number of methoxy groups -OCH3 is 1. The van der Waals surface area contributed by atoms with E-state index in [9.17, 15) is 4.79 Å². The smallest absolute Gasteiger partial charge is 0.120 e. The van der Waals surface area contributed by atoms with Crippen LogP contribution in [-0.4, -0.2) is 20.0 Å². The van der Waals surface area contributed by atoms with Gasteiger partial charge in [-0.2, -0.15) is 0 Å². The Kier molecular flexibility index (Phi) is 4.93. The molecule has 0 saturated heterocycles. The molecule has 0 aromatic heterocycles. The molecule has 0 amide bonds. The van der Waals surface area contributed by atoms with Crippen LogP contribution in [0.3, 0.4) is 0 Å². The van der Waals surface area contributed by atoms with E-state index in [1.807, 2.05) is 36.4 Å². The first-order valence-electron chi connectivity index (χ1n) is 7.70. The molecule has 2 aromatic rings. The van der Waals surface area contributed by atoms with Crippen molar-refractivity contribution in [3.8, 4) is 11.5 Å². The van der Waals surface area contributed by atoms with Crippen LogP contribution in [-0.2, 0) is 22.7 Å². The summed E-state index contributed by atoms with van der Waals surface area (Å²) in [6, 6.07) is 13.8. The van der Waals surface area contributed by atoms with Gasteiger partial charge in [0, 0.05) is 12.3 Å². The zero-order valence-corrected chi connectivity index (χ0v) is 13.2. The van der Waals surface area contributed by atoms with E-state index in [0.717, 1.165) is 28.9 Å². The normalized spacial score (nSPS) is 16.5. The second kappa shape index (κ2) is 7.29. The fraction of sp³-hybridized carbons (Fsp3) is 0.316. The minimum absolute atomic E-state index is 0.159. The third-order valence-corrected chi connectivity index (χ3v) is 4.08. The SMILES string of the molecule is COc1ccc(COc2ccc3c(c2)COCC3CC=O)cc1. The zero-order valence-electron chi connectivity index (χ0n) is 13.2. The molecular formula is C19H20O4. The number of aldehydes is 1. The molecule has 1 aliphatic heterocycles. The van der Waals surface area contributed by atoms with E-state index < -0.39 is 0 Å². The van der Waals surface area contributed by atoms with E-state index >= 15 is 0 Å². The van der Waals surface area contributed by atoms with E-state index in [-0.39, 0.29) is 5.92 Å². The molecule has 4 nitrogen and oxygen atoms in total. The van der Waals surface area contributed by atoms with Gasteiger partial charge in [-0.05, 0) is 41.0 Å². The molecule has 0 radical (unpaired) electrons. The lowest BCUT2D eigenvalue weighted by atomic mass is 9.91. The van der Waals surface area contributed by atoms with Gasteiger partial charge in [-0.25, -0.2) is 0 Å². The Hall–Kier alpha value is -2.33. The van der Waals surface area contributed by atoms with Crippen LogP contribution in [0.2, 0.25) is 0 Å². The van der Waals surface area contributed by atoms with Crippen LogP contribution in [0.1, 0.15) is 29.0 Å². The molecule has 0 fully saturated rings. The number of rotatable bonds is 6. The van der Waals surface area contributed by atoms with Gasteiger partial charge in [0.05, 0.1) is 20.3 Å². The Bertz CT molecular complexity index is 664. The highest BCUT2D eigenvalue weighted by atomic mass is 16.5. The third-order valence-electron chi connectivity index (χ3n) is 4.08. The van der Waals surface area contributed by atoms with Crippen molar-refractivity contribution >= 4 is 6.29 Å². The van der Waals surface area contributed by atoms with Crippen LogP contribution in [0, 0.1) is 0 Å². The summed E-state index contributed by atoms with van der Waals surface area (Å²) < 4.78 is 16.6. The van der Waals surface area contributed by atoms with Gasteiger partial charge in [0.25, 0.3) is 0 Å². The first-order valence-corrected chi connectivity index (χ1v) is 7.70. The minimum atomic E-state index is 0.159. The molecule has 4 heteroatoms. The summed E-state index contributed by atoms with van der Waals surface area (Å²) in [6.45, 7) is 1.68. The van der Waals surface area contributed by atoms with Gasteiger partial charge < -0.3 is 19.0 Å². The quantitative estimate of drug-likeness (QED) is 0.766. The molecule has 0 N–H and O–H groups in total. The highest BCUT2D eigenvalue weighted by Crippen LogP contribution is 2.31. The summed E-state index contributed by atoms with van der Waals surface area (Å²) in [7, 11) is 1.65. The summed E-state index contributed by atoms with van der Waals surface area (Å²) in [5, 5.41) is 0. The topological polar surface area (TPSA) is 44.8 Å². The maximum atomic E-state index is 10.8.